The molecule has 1 unspecified atom stereocenters. The van der Waals surface area contributed by atoms with Gasteiger partial charge in [-0.25, -0.2) is 5.01 Å². The number of benzene rings is 1. The zero-order valence-electron chi connectivity index (χ0n) is 20.8. The first-order chi connectivity index (χ1) is 17.2. The molecule has 1 aromatic heterocycles. The Morgan fingerprint density at radius 2 is 1.89 bits per heavy atom. The molecule has 188 valence electrons. The van der Waals surface area contributed by atoms with Gasteiger partial charge in [-0.3, -0.25) is 15.0 Å². The highest BCUT2D eigenvalue weighted by atomic mass is 32.1. The summed E-state index contributed by atoms with van der Waals surface area (Å²) in [5.74, 6) is -0.143. The molecule has 1 aliphatic carbocycles. The average molecular weight is 509 g/mol. The Kier molecular flexibility index (Phi) is 6.69. The molecule has 36 heavy (non-hydrogen) atoms. The van der Waals surface area contributed by atoms with Gasteiger partial charge in [-0.15, -0.1) is 11.3 Å². The number of nitriles is 1. The smallest absolute Gasteiger partial charge is 0.280 e. The van der Waals surface area contributed by atoms with Crippen LogP contribution in [-0.4, -0.2) is 38.0 Å². The minimum atomic E-state index is -0.807. The van der Waals surface area contributed by atoms with E-state index < -0.39 is 5.92 Å². The van der Waals surface area contributed by atoms with Crippen LogP contribution in [0, 0.1) is 16.7 Å². The maximum Gasteiger partial charge on any atom is 0.280 e. The molecule has 3 N–H and O–H groups in total. The molecule has 0 bridgehead atoms. The highest BCUT2D eigenvalue weighted by Gasteiger charge is 2.46. The highest BCUT2D eigenvalue weighted by Crippen LogP contribution is 2.52. The summed E-state index contributed by atoms with van der Waals surface area (Å²) >= 11 is 1.28. The molecule has 4 rings (SSSR count). The zero-order chi connectivity index (χ0) is 26.2. The lowest BCUT2D eigenvalue weighted by Crippen LogP contribution is -2.49. The van der Waals surface area contributed by atoms with E-state index in [1.54, 1.807) is 29.6 Å². The van der Waals surface area contributed by atoms with Crippen LogP contribution < -0.4 is 25.4 Å². The quantitative estimate of drug-likeness (QED) is 0.602. The number of carbonyl (C=O) groups is 2. The molecule has 2 aromatic rings. The Morgan fingerprint density at radius 1 is 1.17 bits per heavy atom. The molecule has 2 heterocycles. The number of thiophene rings is 1. The fraction of sp³-hybridized carbons (Fsp3) is 0.346. The normalized spacial score (nSPS) is 18.9. The number of methoxy groups -OCH3 is 3. The second-order valence-corrected chi connectivity index (χ2v) is 10.3. The summed E-state index contributed by atoms with van der Waals surface area (Å²) in [7, 11) is 4.48. The van der Waals surface area contributed by atoms with Crippen molar-refractivity contribution in [1.29, 1.82) is 5.26 Å². The van der Waals surface area contributed by atoms with Crippen LogP contribution in [-0.2, 0) is 4.79 Å². The molecule has 0 spiro atoms. The van der Waals surface area contributed by atoms with Crippen molar-refractivity contribution in [1.82, 2.24) is 10.4 Å². The number of hydrogen-bond donors (Lipinski definition) is 2. The average Bonchev–Trinajstić information content (AvgIpc) is 3.39. The molecule has 0 radical (unpaired) electrons. The van der Waals surface area contributed by atoms with Gasteiger partial charge in [0.25, 0.3) is 5.91 Å². The molecule has 0 saturated heterocycles. The minimum Gasteiger partial charge on any atom is -0.493 e. The SMILES string of the molecule is COc1ccc(C2C(C#N)=C(N)N(NC(=O)c3cccs3)C3=C2C(=O)CC(C)(C)C3)c(OC)c1OC. The molecular weight excluding hydrogens is 480 g/mol. The summed E-state index contributed by atoms with van der Waals surface area (Å²) in [5.41, 5.74) is 10.6. The second kappa shape index (κ2) is 9.59. The Hall–Kier alpha value is -3.97. The number of hydrazine groups is 1. The van der Waals surface area contributed by atoms with Crippen molar-refractivity contribution < 1.29 is 23.8 Å². The van der Waals surface area contributed by atoms with Gasteiger partial charge in [-0.1, -0.05) is 26.0 Å². The summed E-state index contributed by atoms with van der Waals surface area (Å²) in [6.07, 6.45) is 0.744. The third-order valence-corrected chi connectivity index (χ3v) is 7.25. The zero-order valence-corrected chi connectivity index (χ0v) is 21.6. The molecular formula is C26H28N4O5S. The third kappa shape index (κ3) is 4.16. The van der Waals surface area contributed by atoms with E-state index in [1.165, 1.54) is 37.7 Å². The Balaban J connectivity index is 1.95. The van der Waals surface area contributed by atoms with Crippen molar-refractivity contribution in [3.63, 3.8) is 0 Å². The van der Waals surface area contributed by atoms with E-state index in [-0.39, 0.29) is 34.9 Å². The number of amides is 1. The van der Waals surface area contributed by atoms with Crippen molar-refractivity contribution >= 4 is 23.0 Å². The van der Waals surface area contributed by atoms with E-state index >= 15 is 0 Å². The first-order valence-electron chi connectivity index (χ1n) is 11.3. The number of Topliss-reactive ketones (excluding diaryl/α,β-unsaturated/α-hetero) is 1. The van der Waals surface area contributed by atoms with E-state index in [0.717, 1.165) is 0 Å². The van der Waals surface area contributed by atoms with Crippen molar-refractivity contribution in [2.75, 3.05) is 21.3 Å². The van der Waals surface area contributed by atoms with Gasteiger partial charge in [-0.05, 0) is 29.3 Å². The summed E-state index contributed by atoms with van der Waals surface area (Å²) < 4.78 is 16.6. The van der Waals surface area contributed by atoms with Gasteiger partial charge in [0.2, 0.25) is 5.75 Å². The second-order valence-electron chi connectivity index (χ2n) is 9.32. The van der Waals surface area contributed by atoms with Crippen molar-refractivity contribution in [3.8, 4) is 23.3 Å². The topological polar surface area (TPSA) is 127 Å². The van der Waals surface area contributed by atoms with Gasteiger partial charge in [0, 0.05) is 17.6 Å². The van der Waals surface area contributed by atoms with Crippen LogP contribution in [0.25, 0.3) is 0 Å². The predicted octanol–water partition coefficient (Wildman–Crippen LogP) is 3.86. The molecule has 1 amide bonds. The Morgan fingerprint density at radius 3 is 2.47 bits per heavy atom. The van der Waals surface area contributed by atoms with Crippen molar-refractivity contribution in [2.45, 2.75) is 32.6 Å². The lowest BCUT2D eigenvalue weighted by Gasteiger charge is -2.43. The molecule has 1 aromatic carbocycles. The number of nitrogens with zero attached hydrogens (tertiary/aromatic N) is 2. The number of ether oxygens (including phenoxy) is 3. The van der Waals surface area contributed by atoms with Crippen LogP contribution in [0.2, 0.25) is 0 Å². The van der Waals surface area contributed by atoms with E-state index in [0.29, 0.717) is 45.4 Å². The maximum absolute atomic E-state index is 13.7. The van der Waals surface area contributed by atoms with Crippen LogP contribution >= 0.6 is 11.3 Å². The Bertz CT molecular complexity index is 1320. The largest absolute Gasteiger partial charge is 0.493 e. The van der Waals surface area contributed by atoms with Crippen LogP contribution in [0.15, 0.2) is 52.3 Å². The summed E-state index contributed by atoms with van der Waals surface area (Å²) in [6.45, 7) is 3.97. The van der Waals surface area contributed by atoms with Crippen molar-refractivity contribution in [2.24, 2.45) is 11.1 Å². The lowest BCUT2D eigenvalue weighted by atomic mass is 9.69. The molecule has 9 nitrogen and oxygen atoms in total. The summed E-state index contributed by atoms with van der Waals surface area (Å²) in [6, 6.07) is 9.09. The minimum absolute atomic E-state index is 0.0495. The van der Waals surface area contributed by atoms with Gasteiger partial charge in [-0.2, -0.15) is 5.26 Å². The maximum atomic E-state index is 13.7. The number of rotatable bonds is 6. The van der Waals surface area contributed by atoms with Crippen LogP contribution in [0.4, 0.5) is 0 Å². The van der Waals surface area contributed by atoms with E-state index in [2.05, 4.69) is 11.5 Å². The first kappa shape index (κ1) is 25.1. The predicted molar refractivity (Wildman–Crippen MR) is 134 cm³/mol. The number of hydrogen-bond acceptors (Lipinski definition) is 9. The molecule has 1 aliphatic heterocycles. The number of nitrogens with two attached hydrogens (primary N) is 1. The molecule has 0 saturated carbocycles. The van der Waals surface area contributed by atoms with E-state index in [4.69, 9.17) is 19.9 Å². The molecule has 1 atom stereocenters. The number of ketones is 1. The number of carbonyl (C=O) groups excluding carboxylic acids is 2. The van der Waals surface area contributed by atoms with Crippen molar-refractivity contribution in [3.05, 3.63) is 62.8 Å². The molecule has 2 aliphatic rings. The van der Waals surface area contributed by atoms with E-state index in [1.807, 2.05) is 13.8 Å². The third-order valence-electron chi connectivity index (χ3n) is 6.38. The fourth-order valence-electron chi connectivity index (χ4n) is 4.86. The number of nitrogens with one attached hydrogen (secondary N) is 1. The van der Waals surface area contributed by atoms with Gasteiger partial charge in [0.15, 0.2) is 17.3 Å². The van der Waals surface area contributed by atoms with Crippen LogP contribution in [0.3, 0.4) is 0 Å². The van der Waals surface area contributed by atoms with Crippen LogP contribution in [0.5, 0.6) is 17.2 Å². The molecule has 10 heteroatoms. The standard InChI is InChI=1S/C26H28N4O5S/c1-26(2)11-16-21(17(31)12-26)20(14-8-9-18(33-3)23(35-5)22(14)34-4)15(13-27)24(28)30(16)29-25(32)19-7-6-10-36-19/h6-10,20H,11-12,28H2,1-5H3,(H,29,32). The highest BCUT2D eigenvalue weighted by molar-refractivity contribution is 7.12. The summed E-state index contributed by atoms with van der Waals surface area (Å²) in [4.78, 5) is 27.1. The summed E-state index contributed by atoms with van der Waals surface area (Å²) in [5, 5.41) is 13.4. The number of allylic oxidation sites excluding steroid dienone is 3. The Labute approximate surface area is 213 Å². The monoisotopic (exact) mass is 508 g/mol. The van der Waals surface area contributed by atoms with Gasteiger partial charge in [0.1, 0.15) is 5.82 Å². The van der Waals surface area contributed by atoms with Gasteiger partial charge >= 0.3 is 0 Å². The van der Waals surface area contributed by atoms with E-state index in [9.17, 15) is 14.9 Å². The molecule has 0 fully saturated rings. The van der Waals surface area contributed by atoms with Gasteiger partial charge < -0.3 is 19.9 Å². The fourth-order valence-corrected chi connectivity index (χ4v) is 5.48. The van der Waals surface area contributed by atoms with Crippen LogP contribution in [0.1, 0.15) is 47.8 Å². The first-order valence-corrected chi connectivity index (χ1v) is 12.1. The lowest BCUT2D eigenvalue weighted by molar-refractivity contribution is -0.118. The van der Waals surface area contributed by atoms with Gasteiger partial charge in [0.05, 0.1) is 49.5 Å².